The van der Waals surface area contributed by atoms with E-state index in [2.05, 4.69) is 27.1 Å². The highest BCUT2D eigenvalue weighted by Crippen LogP contribution is 2.28. The van der Waals surface area contributed by atoms with Crippen molar-refractivity contribution >= 4 is 33.4 Å². The van der Waals surface area contributed by atoms with Crippen molar-refractivity contribution in [1.82, 2.24) is 10.0 Å². The van der Waals surface area contributed by atoms with Crippen LogP contribution >= 0.6 is 11.8 Å². The minimum atomic E-state index is -3.59. The summed E-state index contributed by atoms with van der Waals surface area (Å²) >= 11 is 1.98. The van der Waals surface area contributed by atoms with Gasteiger partial charge >= 0.3 is 0 Å². The monoisotopic (exact) mass is 445 g/mol. The number of hydrogen-bond donors (Lipinski definition) is 2. The van der Waals surface area contributed by atoms with Gasteiger partial charge in [-0.15, -0.1) is 0 Å². The smallest absolute Gasteiger partial charge is 0.251 e. The van der Waals surface area contributed by atoms with E-state index in [9.17, 15) is 13.2 Å². The summed E-state index contributed by atoms with van der Waals surface area (Å²) in [5.74, 6) is 2.48. The van der Waals surface area contributed by atoms with Gasteiger partial charge in [-0.05, 0) is 54.7 Å². The maximum absolute atomic E-state index is 12.6. The lowest BCUT2D eigenvalue weighted by Gasteiger charge is -2.28. The van der Waals surface area contributed by atoms with Crippen LogP contribution in [0.1, 0.15) is 28.8 Å². The van der Waals surface area contributed by atoms with Crippen LogP contribution in [0.3, 0.4) is 0 Å². The second-order valence-electron chi connectivity index (χ2n) is 7.77. The van der Waals surface area contributed by atoms with Crippen molar-refractivity contribution in [2.24, 2.45) is 5.92 Å². The molecule has 0 bridgehead atoms. The van der Waals surface area contributed by atoms with Crippen LogP contribution in [0.2, 0.25) is 0 Å². The van der Waals surface area contributed by atoms with Crippen molar-refractivity contribution in [2.75, 3.05) is 36.0 Å². The standard InChI is InChI=1S/C22H27N3O3S2/c26-22(19-2-1-3-21(14-19)30(27,28)24-16-18-4-5-18)23-15-17-6-8-20(9-7-17)25-10-12-29-13-11-25/h1-3,6-9,14,18,24H,4-5,10-13,15-16H2,(H,23,26). The molecule has 0 atom stereocenters. The molecule has 1 aliphatic carbocycles. The number of anilines is 1. The minimum Gasteiger partial charge on any atom is -0.370 e. The molecule has 1 heterocycles. The van der Waals surface area contributed by atoms with Gasteiger partial charge in [-0.1, -0.05) is 18.2 Å². The Kier molecular flexibility index (Phi) is 6.65. The Labute approximate surface area is 182 Å². The maximum atomic E-state index is 12.6. The van der Waals surface area contributed by atoms with E-state index in [4.69, 9.17) is 0 Å². The highest BCUT2D eigenvalue weighted by atomic mass is 32.2. The molecule has 8 heteroatoms. The van der Waals surface area contributed by atoms with Gasteiger partial charge in [0.15, 0.2) is 0 Å². The summed E-state index contributed by atoms with van der Waals surface area (Å²) in [6, 6.07) is 14.4. The Hall–Kier alpha value is -2.03. The zero-order valence-corrected chi connectivity index (χ0v) is 18.5. The van der Waals surface area contributed by atoms with Crippen LogP contribution in [0.15, 0.2) is 53.4 Å². The van der Waals surface area contributed by atoms with E-state index in [0.29, 0.717) is 24.6 Å². The summed E-state index contributed by atoms with van der Waals surface area (Å²) in [6.45, 7) is 2.99. The summed E-state index contributed by atoms with van der Waals surface area (Å²) in [4.78, 5) is 15.1. The number of sulfonamides is 1. The van der Waals surface area contributed by atoms with Gasteiger partial charge in [-0.3, -0.25) is 4.79 Å². The van der Waals surface area contributed by atoms with Gasteiger partial charge in [-0.25, -0.2) is 13.1 Å². The van der Waals surface area contributed by atoms with E-state index in [1.807, 2.05) is 23.9 Å². The van der Waals surface area contributed by atoms with Crippen molar-refractivity contribution in [3.63, 3.8) is 0 Å². The fraction of sp³-hybridized carbons (Fsp3) is 0.409. The largest absolute Gasteiger partial charge is 0.370 e. The highest BCUT2D eigenvalue weighted by molar-refractivity contribution is 7.99. The summed E-state index contributed by atoms with van der Waals surface area (Å²) < 4.78 is 27.5. The number of thioether (sulfide) groups is 1. The lowest BCUT2D eigenvalue weighted by molar-refractivity contribution is 0.0950. The molecule has 1 aliphatic heterocycles. The molecular formula is C22H27N3O3S2. The van der Waals surface area contributed by atoms with Gasteiger partial charge in [0.1, 0.15) is 0 Å². The third kappa shape index (κ3) is 5.56. The van der Waals surface area contributed by atoms with Crippen LogP contribution < -0.4 is 14.9 Å². The molecule has 0 aromatic heterocycles. The van der Waals surface area contributed by atoms with E-state index in [0.717, 1.165) is 43.0 Å². The van der Waals surface area contributed by atoms with Crippen LogP contribution in [-0.4, -0.2) is 45.5 Å². The van der Waals surface area contributed by atoms with E-state index in [-0.39, 0.29) is 10.8 Å². The number of nitrogens with zero attached hydrogens (tertiary/aromatic N) is 1. The zero-order chi connectivity index (χ0) is 21.0. The molecule has 1 amide bonds. The molecule has 2 aromatic rings. The molecular weight excluding hydrogens is 418 g/mol. The molecule has 0 unspecified atom stereocenters. The number of amides is 1. The number of nitrogens with one attached hydrogen (secondary N) is 2. The molecule has 30 heavy (non-hydrogen) atoms. The quantitative estimate of drug-likeness (QED) is 0.653. The Morgan fingerprint density at radius 2 is 1.80 bits per heavy atom. The highest BCUT2D eigenvalue weighted by Gasteiger charge is 2.24. The average Bonchev–Trinajstić information content (AvgIpc) is 3.62. The number of hydrogen-bond acceptors (Lipinski definition) is 5. The molecule has 2 aromatic carbocycles. The molecule has 0 spiro atoms. The average molecular weight is 446 g/mol. The van der Waals surface area contributed by atoms with Crippen LogP contribution in [0, 0.1) is 5.92 Å². The van der Waals surface area contributed by atoms with Gasteiger partial charge in [0.05, 0.1) is 4.90 Å². The molecule has 1 saturated heterocycles. The van der Waals surface area contributed by atoms with Crippen molar-refractivity contribution < 1.29 is 13.2 Å². The van der Waals surface area contributed by atoms with Crippen LogP contribution in [0.25, 0.3) is 0 Å². The molecule has 6 nitrogen and oxygen atoms in total. The molecule has 160 valence electrons. The lowest BCUT2D eigenvalue weighted by atomic mass is 10.1. The first kappa shape index (κ1) is 21.2. The summed E-state index contributed by atoms with van der Waals surface area (Å²) in [7, 11) is -3.59. The fourth-order valence-corrected chi connectivity index (χ4v) is 5.43. The Balaban J connectivity index is 1.34. The number of carbonyl (C=O) groups excluding carboxylic acids is 1. The lowest BCUT2D eigenvalue weighted by Crippen LogP contribution is -2.32. The number of benzene rings is 2. The topological polar surface area (TPSA) is 78.5 Å². The Morgan fingerprint density at radius 3 is 2.50 bits per heavy atom. The van der Waals surface area contributed by atoms with Gasteiger partial charge < -0.3 is 10.2 Å². The fourth-order valence-electron chi connectivity index (χ4n) is 3.37. The molecule has 2 N–H and O–H groups in total. The molecule has 2 fully saturated rings. The predicted octanol–water partition coefficient (Wildman–Crippen LogP) is 2.86. The van der Waals surface area contributed by atoms with Crippen LogP contribution in [0.4, 0.5) is 5.69 Å². The third-order valence-electron chi connectivity index (χ3n) is 5.43. The molecule has 2 aliphatic rings. The second-order valence-corrected chi connectivity index (χ2v) is 10.8. The van der Waals surface area contributed by atoms with Gasteiger partial charge in [0.2, 0.25) is 10.0 Å². The van der Waals surface area contributed by atoms with Crippen molar-refractivity contribution in [1.29, 1.82) is 0 Å². The molecule has 1 saturated carbocycles. The van der Waals surface area contributed by atoms with Gasteiger partial charge in [-0.2, -0.15) is 11.8 Å². The van der Waals surface area contributed by atoms with E-state index < -0.39 is 10.0 Å². The van der Waals surface area contributed by atoms with Crippen molar-refractivity contribution in [3.8, 4) is 0 Å². The summed E-state index contributed by atoms with van der Waals surface area (Å²) in [6.07, 6.45) is 2.14. The van der Waals surface area contributed by atoms with Crippen molar-refractivity contribution in [2.45, 2.75) is 24.3 Å². The number of rotatable bonds is 8. The predicted molar refractivity (Wildman–Crippen MR) is 122 cm³/mol. The second kappa shape index (κ2) is 9.41. The van der Waals surface area contributed by atoms with Gasteiger partial charge in [0.25, 0.3) is 5.91 Å². The van der Waals surface area contributed by atoms with Crippen LogP contribution in [-0.2, 0) is 16.6 Å². The summed E-state index contributed by atoms with van der Waals surface area (Å²) in [5.41, 5.74) is 2.56. The normalized spacial score (nSPS) is 17.0. The van der Waals surface area contributed by atoms with Crippen molar-refractivity contribution in [3.05, 3.63) is 59.7 Å². The first-order valence-corrected chi connectivity index (χ1v) is 12.9. The van der Waals surface area contributed by atoms with Crippen LogP contribution in [0.5, 0.6) is 0 Å². The van der Waals surface area contributed by atoms with E-state index in [1.165, 1.54) is 17.8 Å². The first-order chi connectivity index (χ1) is 14.5. The van der Waals surface area contributed by atoms with E-state index >= 15 is 0 Å². The third-order valence-corrected chi connectivity index (χ3v) is 7.79. The maximum Gasteiger partial charge on any atom is 0.251 e. The summed E-state index contributed by atoms with van der Waals surface area (Å²) in [5, 5.41) is 2.88. The van der Waals surface area contributed by atoms with Gasteiger partial charge in [0, 0.05) is 48.9 Å². The Morgan fingerprint density at radius 1 is 1.07 bits per heavy atom. The SMILES string of the molecule is O=C(NCc1ccc(N2CCSCC2)cc1)c1cccc(S(=O)(=O)NCC2CC2)c1. The van der Waals surface area contributed by atoms with E-state index in [1.54, 1.807) is 12.1 Å². The Bertz CT molecular complexity index is 983. The molecule has 4 rings (SSSR count). The molecule has 0 radical (unpaired) electrons. The first-order valence-electron chi connectivity index (χ1n) is 10.3. The zero-order valence-electron chi connectivity index (χ0n) is 16.8. The minimum absolute atomic E-state index is 0.125. The number of carbonyl (C=O) groups is 1.